The maximum Gasteiger partial charge on any atom is 0.0277 e. The predicted molar refractivity (Wildman–Crippen MR) is 57.8 cm³/mol. The summed E-state index contributed by atoms with van der Waals surface area (Å²) in [4.78, 5) is 0. The van der Waals surface area contributed by atoms with Crippen LogP contribution in [0.1, 0.15) is 46.0 Å². The van der Waals surface area contributed by atoms with Gasteiger partial charge in [-0.15, -0.1) is 18.2 Å². The fraction of sp³-hybridized carbons (Fsp3) is 0.818. The van der Waals surface area contributed by atoms with Crippen molar-refractivity contribution in [1.29, 1.82) is 0 Å². The van der Waals surface area contributed by atoms with Crippen LogP contribution in [-0.4, -0.2) is 5.88 Å². The van der Waals surface area contributed by atoms with Crippen LogP contribution in [0, 0.1) is 5.41 Å². The Balaban J connectivity index is 3.70. The number of hydrogen-bond acceptors (Lipinski definition) is 0. The van der Waals surface area contributed by atoms with Crippen molar-refractivity contribution >= 4 is 11.6 Å². The summed E-state index contributed by atoms with van der Waals surface area (Å²) in [5.74, 6) is 0.790. The van der Waals surface area contributed by atoms with Gasteiger partial charge in [-0.05, 0) is 31.1 Å². The number of hydrogen-bond donors (Lipinski definition) is 0. The minimum Gasteiger partial charge on any atom is -0.126 e. The summed E-state index contributed by atoms with van der Waals surface area (Å²) < 4.78 is 0. The number of alkyl halides is 1. The Hall–Kier alpha value is 0.0300. The van der Waals surface area contributed by atoms with Gasteiger partial charge in [0, 0.05) is 5.88 Å². The highest BCUT2D eigenvalue weighted by Gasteiger charge is 2.20. The van der Waals surface area contributed by atoms with Crippen molar-refractivity contribution in [2.45, 2.75) is 46.0 Å². The molecule has 0 aliphatic heterocycles. The fourth-order valence-electron chi connectivity index (χ4n) is 1.54. The van der Waals surface area contributed by atoms with Gasteiger partial charge in [0.25, 0.3) is 0 Å². The molecule has 0 fully saturated rings. The van der Waals surface area contributed by atoms with Gasteiger partial charge in [-0.25, -0.2) is 0 Å². The minimum atomic E-state index is 0.360. The van der Waals surface area contributed by atoms with Gasteiger partial charge in [-0.2, -0.15) is 0 Å². The lowest BCUT2D eigenvalue weighted by atomic mass is 9.83. The van der Waals surface area contributed by atoms with E-state index in [0.29, 0.717) is 5.41 Å². The van der Waals surface area contributed by atoms with Crippen LogP contribution in [-0.2, 0) is 0 Å². The van der Waals surface area contributed by atoms with Crippen molar-refractivity contribution in [3.63, 3.8) is 0 Å². The first-order valence-electron chi connectivity index (χ1n) is 4.85. The van der Waals surface area contributed by atoms with E-state index in [-0.39, 0.29) is 0 Å². The Morgan fingerprint density at radius 3 is 2.50 bits per heavy atom. The van der Waals surface area contributed by atoms with E-state index in [1.807, 2.05) is 6.08 Å². The Morgan fingerprint density at radius 1 is 1.42 bits per heavy atom. The van der Waals surface area contributed by atoms with Crippen LogP contribution in [0.15, 0.2) is 12.7 Å². The summed E-state index contributed by atoms with van der Waals surface area (Å²) in [5, 5.41) is 0. The molecule has 0 spiro atoms. The zero-order valence-corrected chi connectivity index (χ0v) is 9.16. The summed E-state index contributed by atoms with van der Waals surface area (Å²) in [6.07, 6.45) is 8.05. The topological polar surface area (TPSA) is 0 Å². The average Bonchev–Trinajstić information content (AvgIpc) is 2.06. The van der Waals surface area contributed by atoms with Crippen LogP contribution in [0.4, 0.5) is 0 Å². The van der Waals surface area contributed by atoms with Crippen LogP contribution in [0.3, 0.4) is 0 Å². The molecule has 0 aromatic carbocycles. The quantitative estimate of drug-likeness (QED) is 0.316. The van der Waals surface area contributed by atoms with E-state index in [9.17, 15) is 0 Å². The average molecular weight is 189 g/mol. The van der Waals surface area contributed by atoms with E-state index >= 15 is 0 Å². The Labute approximate surface area is 82.0 Å². The van der Waals surface area contributed by atoms with Crippen molar-refractivity contribution in [3.05, 3.63) is 12.7 Å². The molecule has 0 rings (SSSR count). The molecule has 0 aromatic heterocycles. The molecule has 1 unspecified atom stereocenters. The Kier molecular flexibility index (Phi) is 6.55. The summed E-state index contributed by atoms with van der Waals surface area (Å²) in [6, 6.07) is 0. The van der Waals surface area contributed by atoms with Crippen molar-refractivity contribution in [2.75, 3.05) is 5.88 Å². The molecule has 0 N–H and O–H groups in total. The highest BCUT2D eigenvalue weighted by atomic mass is 35.5. The summed E-state index contributed by atoms with van der Waals surface area (Å²) in [5.41, 5.74) is 0.360. The molecule has 1 atom stereocenters. The highest BCUT2D eigenvalue weighted by molar-refractivity contribution is 6.18. The first-order valence-corrected chi connectivity index (χ1v) is 5.39. The van der Waals surface area contributed by atoms with Crippen LogP contribution < -0.4 is 0 Å². The zero-order valence-electron chi connectivity index (χ0n) is 8.41. The molecule has 0 aliphatic carbocycles. The van der Waals surface area contributed by atoms with Gasteiger partial charge in [0.1, 0.15) is 0 Å². The van der Waals surface area contributed by atoms with Crippen LogP contribution in [0.25, 0.3) is 0 Å². The third-order valence-corrected chi connectivity index (χ3v) is 3.01. The number of rotatable bonds is 7. The smallest absolute Gasteiger partial charge is 0.0277 e. The molecule has 72 valence electrons. The Morgan fingerprint density at radius 2 is 2.08 bits per heavy atom. The van der Waals surface area contributed by atoms with E-state index in [1.165, 1.54) is 25.7 Å². The summed E-state index contributed by atoms with van der Waals surface area (Å²) in [6.45, 7) is 8.22. The molecule has 0 nitrogen and oxygen atoms in total. The second kappa shape index (κ2) is 6.54. The lowest BCUT2D eigenvalue weighted by Gasteiger charge is -2.26. The first-order chi connectivity index (χ1) is 5.68. The second-order valence-electron chi connectivity index (χ2n) is 3.88. The van der Waals surface area contributed by atoms with E-state index < -0.39 is 0 Å². The molecule has 0 saturated carbocycles. The molecular weight excluding hydrogens is 168 g/mol. The lowest BCUT2D eigenvalue weighted by Crippen LogP contribution is -2.17. The van der Waals surface area contributed by atoms with Crippen molar-refractivity contribution in [2.24, 2.45) is 5.41 Å². The number of halogens is 1. The van der Waals surface area contributed by atoms with Gasteiger partial charge in [0.2, 0.25) is 0 Å². The van der Waals surface area contributed by atoms with Gasteiger partial charge in [-0.3, -0.25) is 0 Å². The monoisotopic (exact) mass is 188 g/mol. The van der Waals surface area contributed by atoms with Crippen LogP contribution in [0.5, 0.6) is 0 Å². The predicted octanol–water partition coefficient (Wildman–Crippen LogP) is 4.39. The molecule has 12 heavy (non-hydrogen) atoms. The molecule has 0 aromatic rings. The maximum absolute atomic E-state index is 5.94. The molecule has 1 heteroatoms. The fourth-order valence-corrected chi connectivity index (χ4v) is 1.80. The normalized spacial score (nSPS) is 15.6. The third kappa shape index (κ3) is 4.82. The van der Waals surface area contributed by atoms with Gasteiger partial charge in [0.15, 0.2) is 0 Å². The number of allylic oxidation sites excluding steroid dienone is 1. The number of unbranched alkanes of at least 4 members (excludes halogenated alkanes) is 1. The van der Waals surface area contributed by atoms with E-state index in [1.54, 1.807) is 0 Å². The molecule has 0 amide bonds. The molecule has 0 bridgehead atoms. The maximum atomic E-state index is 5.94. The van der Waals surface area contributed by atoms with E-state index in [4.69, 9.17) is 11.6 Å². The standard InChI is InChI=1S/C11H21Cl/c1-4-6-7-9-11(3,10-12)8-5-2/h4H,1,5-10H2,2-3H3. The second-order valence-corrected chi connectivity index (χ2v) is 4.14. The first kappa shape index (κ1) is 12.0. The Bertz CT molecular complexity index is 120. The highest BCUT2D eigenvalue weighted by Crippen LogP contribution is 2.30. The SMILES string of the molecule is C=CCCCC(C)(CCl)CCC. The van der Waals surface area contributed by atoms with Crippen molar-refractivity contribution < 1.29 is 0 Å². The van der Waals surface area contributed by atoms with E-state index in [2.05, 4.69) is 20.4 Å². The van der Waals surface area contributed by atoms with E-state index in [0.717, 1.165) is 12.3 Å². The van der Waals surface area contributed by atoms with Crippen LogP contribution >= 0.6 is 11.6 Å². The van der Waals surface area contributed by atoms with Gasteiger partial charge in [-0.1, -0.05) is 26.3 Å². The third-order valence-electron chi connectivity index (χ3n) is 2.36. The minimum absolute atomic E-state index is 0.360. The molecule has 0 heterocycles. The van der Waals surface area contributed by atoms with Gasteiger partial charge >= 0.3 is 0 Å². The summed E-state index contributed by atoms with van der Waals surface area (Å²) >= 11 is 5.94. The molecular formula is C11H21Cl. The lowest BCUT2D eigenvalue weighted by molar-refractivity contribution is 0.302. The molecule has 0 saturated heterocycles. The van der Waals surface area contributed by atoms with Crippen molar-refractivity contribution in [1.82, 2.24) is 0 Å². The molecule has 0 radical (unpaired) electrons. The van der Waals surface area contributed by atoms with Crippen LogP contribution in [0.2, 0.25) is 0 Å². The van der Waals surface area contributed by atoms with Crippen molar-refractivity contribution in [3.8, 4) is 0 Å². The largest absolute Gasteiger partial charge is 0.126 e. The van der Waals surface area contributed by atoms with Gasteiger partial charge in [0.05, 0.1) is 0 Å². The summed E-state index contributed by atoms with van der Waals surface area (Å²) in [7, 11) is 0. The molecule has 0 aliphatic rings. The zero-order chi connectivity index (χ0) is 9.45. The van der Waals surface area contributed by atoms with Gasteiger partial charge < -0.3 is 0 Å².